The number of hydrogen-bond acceptors (Lipinski definition) is 4. The first-order valence-corrected chi connectivity index (χ1v) is 8.01. The van der Waals surface area contributed by atoms with Crippen molar-refractivity contribution >= 4 is 12.0 Å². The lowest BCUT2D eigenvalue weighted by Crippen LogP contribution is -2.06. The molecular weight excluding hydrogens is 316 g/mol. The lowest BCUT2D eigenvalue weighted by molar-refractivity contribution is -0.135. The molecule has 0 aliphatic heterocycles. The zero-order chi connectivity index (χ0) is 18.7. The molecule has 1 aromatic carbocycles. The molecule has 0 aromatic heterocycles. The quantitative estimate of drug-likeness (QED) is 0.226. The van der Waals surface area contributed by atoms with Gasteiger partial charge in [-0.1, -0.05) is 42.0 Å². The van der Waals surface area contributed by atoms with E-state index in [0.717, 1.165) is 16.9 Å². The van der Waals surface area contributed by atoms with Gasteiger partial charge in [0.25, 0.3) is 0 Å². The highest BCUT2D eigenvalue weighted by molar-refractivity contribution is 5.93. The van der Waals surface area contributed by atoms with E-state index in [0.29, 0.717) is 12.2 Å². The minimum absolute atomic E-state index is 0.378. The van der Waals surface area contributed by atoms with Gasteiger partial charge in [-0.15, -0.1) is 0 Å². The van der Waals surface area contributed by atoms with Gasteiger partial charge in [0.15, 0.2) is 0 Å². The summed E-state index contributed by atoms with van der Waals surface area (Å²) in [6.45, 7) is 6.43. The molecule has 0 bridgehead atoms. The predicted octanol–water partition coefficient (Wildman–Crippen LogP) is 4.69. The summed E-state index contributed by atoms with van der Waals surface area (Å²) >= 11 is 0. The molecule has 0 radical (unpaired) electrons. The molecule has 0 spiro atoms. The number of esters is 1. The molecule has 0 heterocycles. The first-order chi connectivity index (χ1) is 12.0. The number of carbonyl (C=O) groups is 1. The summed E-state index contributed by atoms with van der Waals surface area (Å²) in [5, 5.41) is 0. The van der Waals surface area contributed by atoms with Gasteiger partial charge in [0.1, 0.15) is 12.4 Å². The number of rotatable bonds is 8. The molecule has 0 aliphatic rings. The number of allylic oxidation sites excluding steroid dienone is 3. The number of methoxy groups -OCH3 is 2. The summed E-state index contributed by atoms with van der Waals surface area (Å²) in [7, 11) is 2.83. The van der Waals surface area contributed by atoms with Crippen molar-refractivity contribution in [1.82, 2.24) is 0 Å². The van der Waals surface area contributed by atoms with Crippen LogP contribution in [0.2, 0.25) is 0 Å². The normalized spacial score (nSPS) is 12.0. The van der Waals surface area contributed by atoms with E-state index in [4.69, 9.17) is 14.2 Å². The molecule has 4 nitrogen and oxygen atoms in total. The largest absolute Gasteiger partial charge is 0.503 e. The van der Waals surface area contributed by atoms with Crippen LogP contribution in [0.3, 0.4) is 0 Å². The molecule has 0 N–H and O–H groups in total. The van der Waals surface area contributed by atoms with Gasteiger partial charge in [0, 0.05) is 5.56 Å². The van der Waals surface area contributed by atoms with Crippen LogP contribution >= 0.6 is 0 Å². The van der Waals surface area contributed by atoms with Crippen molar-refractivity contribution in [1.29, 1.82) is 0 Å². The molecule has 1 aromatic rings. The van der Waals surface area contributed by atoms with Crippen LogP contribution in [0.15, 0.2) is 65.5 Å². The topological polar surface area (TPSA) is 44.8 Å². The van der Waals surface area contributed by atoms with Crippen LogP contribution in [0, 0.1) is 0 Å². The Morgan fingerprint density at radius 2 is 1.84 bits per heavy atom. The summed E-state index contributed by atoms with van der Waals surface area (Å²) in [6, 6.07) is 7.80. The fourth-order valence-corrected chi connectivity index (χ4v) is 1.96. The predicted molar refractivity (Wildman–Crippen MR) is 101 cm³/mol. The Kier molecular flexibility index (Phi) is 8.86. The van der Waals surface area contributed by atoms with Crippen molar-refractivity contribution in [2.75, 3.05) is 20.8 Å². The molecular formula is C21H26O4. The molecule has 0 saturated heterocycles. The highest BCUT2D eigenvalue weighted by atomic mass is 16.5. The van der Waals surface area contributed by atoms with Gasteiger partial charge >= 0.3 is 5.97 Å². The smallest absolute Gasteiger partial charge is 0.341 e. The molecule has 0 saturated carbocycles. The Bertz CT molecular complexity index is 690. The Balaban J connectivity index is 2.92. The van der Waals surface area contributed by atoms with Crippen molar-refractivity contribution in [3.63, 3.8) is 0 Å². The van der Waals surface area contributed by atoms with Gasteiger partial charge in [-0.25, -0.2) is 4.79 Å². The van der Waals surface area contributed by atoms with Gasteiger partial charge in [0.05, 0.1) is 26.1 Å². The third-order valence-corrected chi connectivity index (χ3v) is 3.34. The fraction of sp³-hybridized carbons (Fsp3) is 0.286. The van der Waals surface area contributed by atoms with Gasteiger partial charge in [0.2, 0.25) is 0 Å². The maximum atomic E-state index is 11.7. The third kappa shape index (κ3) is 7.12. The molecule has 0 amide bonds. The van der Waals surface area contributed by atoms with Crippen LogP contribution in [0.25, 0.3) is 6.08 Å². The molecule has 25 heavy (non-hydrogen) atoms. The summed E-state index contributed by atoms with van der Waals surface area (Å²) < 4.78 is 15.5. The zero-order valence-electron chi connectivity index (χ0n) is 15.5. The highest BCUT2D eigenvalue weighted by Gasteiger charge is 2.11. The summed E-state index contributed by atoms with van der Waals surface area (Å²) in [5.74, 6) is 0.373. The van der Waals surface area contributed by atoms with Gasteiger partial charge in [-0.3, -0.25) is 0 Å². The first kappa shape index (κ1) is 20.3. The van der Waals surface area contributed by atoms with E-state index in [-0.39, 0.29) is 0 Å². The van der Waals surface area contributed by atoms with Crippen molar-refractivity contribution < 1.29 is 19.0 Å². The zero-order valence-corrected chi connectivity index (χ0v) is 15.5. The first-order valence-electron chi connectivity index (χ1n) is 8.01. The molecule has 0 fully saturated rings. The van der Waals surface area contributed by atoms with E-state index in [1.54, 1.807) is 0 Å². The van der Waals surface area contributed by atoms with Crippen molar-refractivity contribution in [3.05, 3.63) is 71.0 Å². The molecule has 134 valence electrons. The fourth-order valence-electron chi connectivity index (χ4n) is 1.96. The number of ether oxygens (including phenoxy) is 3. The van der Waals surface area contributed by atoms with Gasteiger partial charge in [-0.2, -0.15) is 0 Å². The van der Waals surface area contributed by atoms with E-state index in [2.05, 4.69) is 0 Å². The van der Waals surface area contributed by atoms with Crippen molar-refractivity contribution in [3.8, 4) is 5.75 Å². The van der Waals surface area contributed by atoms with E-state index in [9.17, 15) is 4.79 Å². The second kappa shape index (κ2) is 10.9. The van der Waals surface area contributed by atoms with E-state index in [1.807, 2.05) is 69.3 Å². The standard InChI is InChI=1S/C21H26O4/c1-16(2)13-14-25-20-12-7-6-10-18(20)11-8-9-17(3)19(15-23-4)21(22)24-5/h6-13,15H,14H2,1-5H3/b11-8+,17-9+,19-15+. The number of benzene rings is 1. The molecule has 1 rings (SSSR count). The average Bonchev–Trinajstić information content (AvgIpc) is 2.59. The summed E-state index contributed by atoms with van der Waals surface area (Å²) in [6.07, 6.45) is 9.04. The highest BCUT2D eigenvalue weighted by Crippen LogP contribution is 2.20. The van der Waals surface area contributed by atoms with Crippen LogP contribution in [0.4, 0.5) is 0 Å². The maximum absolute atomic E-state index is 11.7. The van der Waals surface area contributed by atoms with Crippen LogP contribution in [-0.4, -0.2) is 26.8 Å². The average molecular weight is 342 g/mol. The number of para-hydroxylation sites is 1. The lowest BCUT2D eigenvalue weighted by Gasteiger charge is -2.07. The Morgan fingerprint density at radius 1 is 1.12 bits per heavy atom. The number of carbonyl (C=O) groups excluding carboxylic acids is 1. The van der Waals surface area contributed by atoms with Crippen LogP contribution in [-0.2, 0) is 14.3 Å². The van der Waals surface area contributed by atoms with Gasteiger partial charge < -0.3 is 14.2 Å². The van der Waals surface area contributed by atoms with E-state index >= 15 is 0 Å². The van der Waals surface area contributed by atoms with Crippen LogP contribution in [0.1, 0.15) is 26.3 Å². The Morgan fingerprint density at radius 3 is 2.48 bits per heavy atom. The molecule has 0 atom stereocenters. The lowest BCUT2D eigenvalue weighted by atomic mass is 10.1. The number of hydrogen-bond donors (Lipinski definition) is 0. The summed E-state index contributed by atoms with van der Waals surface area (Å²) in [5.41, 5.74) is 3.30. The van der Waals surface area contributed by atoms with Crippen molar-refractivity contribution in [2.45, 2.75) is 20.8 Å². The van der Waals surface area contributed by atoms with Crippen LogP contribution < -0.4 is 4.74 Å². The van der Waals surface area contributed by atoms with Gasteiger partial charge in [-0.05, 0) is 38.5 Å². The minimum Gasteiger partial charge on any atom is -0.503 e. The summed E-state index contributed by atoms with van der Waals surface area (Å²) in [4.78, 5) is 11.7. The third-order valence-electron chi connectivity index (χ3n) is 3.34. The second-order valence-electron chi connectivity index (χ2n) is 5.60. The monoisotopic (exact) mass is 342 g/mol. The maximum Gasteiger partial charge on any atom is 0.341 e. The Labute approximate surface area is 150 Å². The molecule has 0 aliphatic carbocycles. The van der Waals surface area contributed by atoms with Crippen molar-refractivity contribution in [2.24, 2.45) is 0 Å². The Hall–Kier alpha value is -2.75. The SMILES string of the molecule is CO\C=C(C(=O)OC)/C(C)=C/C=C/c1ccccc1OCC=C(C)C. The minimum atomic E-state index is -0.436. The van der Waals surface area contributed by atoms with E-state index in [1.165, 1.54) is 26.1 Å². The van der Waals surface area contributed by atoms with E-state index < -0.39 is 5.97 Å². The molecule has 0 unspecified atom stereocenters. The molecule has 4 heteroatoms. The second-order valence-corrected chi connectivity index (χ2v) is 5.60. The van der Waals surface area contributed by atoms with Crippen LogP contribution in [0.5, 0.6) is 5.75 Å².